The van der Waals surface area contributed by atoms with Crippen molar-refractivity contribution >= 4 is 72.0 Å². The zero-order chi connectivity index (χ0) is 70.6. The van der Waals surface area contributed by atoms with E-state index < -0.39 is 30.9 Å². The smallest absolute Gasteiger partial charge is 0.264 e. The van der Waals surface area contributed by atoms with Crippen molar-refractivity contribution in [1.82, 2.24) is 9.44 Å². The van der Waals surface area contributed by atoms with E-state index in [4.69, 9.17) is 65.8 Å². The second kappa shape index (κ2) is 34.6. The van der Waals surface area contributed by atoms with Crippen LogP contribution in [-0.4, -0.2) is 173 Å². The van der Waals surface area contributed by atoms with Gasteiger partial charge in [-0.05, 0) is 215 Å². The Morgan fingerprint density at radius 1 is 0.580 bits per heavy atom. The first-order valence-electron chi connectivity index (χ1n) is 36.4. The summed E-state index contributed by atoms with van der Waals surface area (Å²) < 4.78 is 99.7. The Labute approximate surface area is 604 Å². The molecule has 2 spiro atoms. The van der Waals surface area contributed by atoms with Crippen molar-refractivity contribution in [2.75, 3.05) is 129 Å². The van der Waals surface area contributed by atoms with Crippen molar-refractivity contribution < 1.29 is 64.8 Å². The number of ether oxygens (including phenoxy) is 9. The van der Waals surface area contributed by atoms with Gasteiger partial charge in [-0.25, -0.2) is 17.3 Å². The Hall–Kier alpha value is -5.23. The summed E-state index contributed by atoms with van der Waals surface area (Å²) in [5, 5.41) is 0.444. The molecule has 13 atom stereocenters. The van der Waals surface area contributed by atoms with Crippen molar-refractivity contribution in [2.45, 2.75) is 145 Å². The molecule has 2 saturated carbocycles. The second-order valence-corrected chi connectivity index (χ2v) is 34.3. The van der Waals surface area contributed by atoms with E-state index in [2.05, 4.69) is 80.6 Å². The summed E-state index contributed by atoms with van der Waals surface area (Å²) in [6.07, 6.45) is 20.4. The third-order valence-electron chi connectivity index (χ3n) is 22.6. The van der Waals surface area contributed by atoms with Gasteiger partial charge in [0, 0.05) is 77.7 Å². The Morgan fingerprint density at radius 3 is 1.50 bits per heavy atom. The molecule has 8 aliphatic rings. The molecule has 1 unspecified atom stereocenters. The van der Waals surface area contributed by atoms with E-state index in [9.17, 15) is 22.2 Å². The minimum Gasteiger partial charge on any atom is -0.490 e. The first-order valence-corrected chi connectivity index (χ1v) is 40.5. The maximum absolute atomic E-state index is 13.9. The number of allylic oxidation sites excluding steroid dienone is 2. The highest BCUT2D eigenvalue weighted by atomic mass is 35.5. The van der Waals surface area contributed by atoms with Gasteiger partial charge in [0.05, 0.1) is 118 Å². The number of fused-ring (bicyclic) bond motifs is 8. The van der Waals surface area contributed by atoms with Gasteiger partial charge < -0.3 is 52.4 Å². The minimum absolute atomic E-state index is 0.0198. The summed E-state index contributed by atoms with van der Waals surface area (Å²) in [7, 11) is -3.55. The van der Waals surface area contributed by atoms with Gasteiger partial charge in [-0.1, -0.05) is 80.4 Å². The number of carbonyl (C=O) groups excluding carboxylic acids is 2. The Bertz CT molecular complexity index is 3750. The molecule has 22 heteroatoms. The molecule has 2 N–H and O–H groups in total. The van der Waals surface area contributed by atoms with Crippen LogP contribution in [0.4, 0.5) is 11.4 Å². The van der Waals surface area contributed by atoms with Gasteiger partial charge in [0.1, 0.15) is 11.5 Å². The molecule has 0 aromatic heterocycles. The standard InChI is InChI=1S/C42H59ClN2O8S.C36H47ClN2O6S/c1-30-7-5-9-39(52-24-23-51-22-21-50-20-19-49-18-17-48-3)36-13-10-34(36)27-45-28-42(16-6-8-32-25-35(43)12-14-37(32)42)29-53-40-15-11-33(26-38(40)45)41(46)44-54(4,47)31(30)2;1-4-34-24(2)7-5-9-32(44-18-17-43-3)29-13-10-27(29)21-39-22-36(16-6-8-25-19-28(37)12-14-30(25)36)23-45-33-15-11-26(20-31(33)39)35(40)38-46(34,41)42/h5,9,11-12,14-15,25-26,30-31,34,36,39H,4,6-8,10,13,16-24,27-29H2,1-3H3,(H,44,46,47);5,9,11-12,14-15,19-20,24,27,29,32,34H,4,6-8,10,13,16-18,21-23H2,1-3H3,(H,38,40)/b2*9-5+/t30-,31+,34-,36+,39-,42-,54?;24-,27-,29+,32-,34+,36-/m00/s1. The van der Waals surface area contributed by atoms with Crippen LogP contribution in [0.25, 0.3) is 0 Å². The van der Waals surface area contributed by atoms with E-state index in [1.807, 2.05) is 57.2 Å². The first kappa shape index (κ1) is 75.9. The number of halogens is 2. The van der Waals surface area contributed by atoms with Crippen LogP contribution in [-0.2, 0) is 76.6 Å². The maximum Gasteiger partial charge on any atom is 0.264 e. The van der Waals surface area contributed by atoms with E-state index in [0.29, 0.717) is 139 Å². The van der Waals surface area contributed by atoms with E-state index in [1.54, 1.807) is 26.4 Å². The third-order valence-corrected chi connectivity index (χ3v) is 27.4. The summed E-state index contributed by atoms with van der Waals surface area (Å²) >= 11 is 12.9. The highest BCUT2D eigenvalue weighted by Gasteiger charge is 2.47. The van der Waals surface area contributed by atoms with Crippen LogP contribution in [0.1, 0.15) is 141 Å². The number of aryl methyl sites for hydroxylation is 2. The van der Waals surface area contributed by atoms with Gasteiger partial charge >= 0.3 is 0 Å². The molecule has 4 aromatic rings. The lowest BCUT2D eigenvalue weighted by Crippen LogP contribution is -2.49. The molecule has 4 aliphatic heterocycles. The lowest BCUT2D eigenvalue weighted by atomic mass is 9.68. The fourth-order valence-electron chi connectivity index (χ4n) is 16.5. The first-order chi connectivity index (χ1) is 48.2. The number of rotatable bonds is 18. The van der Waals surface area contributed by atoms with Crippen LogP contribution in [0, 0.1) is 35.5 Å². The predicted octanol–water partition coefficient (Wildman–Crippen LogP) is 12.6. The van der Waals surface area contributed by atoms with Crippen molar-refractivity contribution in [1.29, 1.82) is 0 Å². The highest BCUT2D eigenvalue weighted by molar-refractivity contribution is 7.99. The van der Waals surface area contributed by atoms with Crippen LogP contribution in [0.15, 0.2) is 97.1 Å². The van der Waals surface area contributed by atoms with Crippen LogP contribution in [0.2, 0.25) is 10.0 Å². The van der Waals surface area contributed by atoms with E-state index in [-0.39, 0.29) is 46.0 Å². The zero-order valence-electron chi connectivity index (χ0n) is 59.4. The van der Waals surface area contributed by atoms with E-state index in [0.717, 1.165) is 118 Å². The molecule has 4 aromatic carbocycles. The lowest BCUT2D eigenvalue weighted by Gasteiger charge is -2.46. The average Bonchev–Trinajstić information content (AvgIpc) is 1.49. The molecule has 12 rings (SSSR count). The van der Waals surface area contributed by atoms with E-state index >= 15 is 0 Å². The van der Waals surface area contributed by atoms with Gasteiger partial charge in [0.2, 0.25) is 10.0 Å². The normalized spacial score (nSPS) is 30.8. The van der Waals surface area contributed by atoms with Gasteiger partial charge in [-0.2, -0.15) is 0 Å². The summed E-state index contributed by atoms with van der Waals surface area (Å²) in [4.78, 5) is 32.1. The quantitative estimate of drug-likeness (QED) is 0.0541. The number of benzene rings is 4. The highest BCUT2D eigenvalue weighted by Crippen LogP contribution is 2.50. The molecule has 2 fully saturated rings. The van der Waals surface area contributed by atoms with Crippen LogP contribution >= 0.6 is 23.2 Å². The van der Waals surface area contributed by atoms with Crippen LogP contribution in [0.3, 0.4) is 0 Å². The second-order valence-electron chi connectivity index (χ2n) is 29.1. The number of nitrogens with zero attached hydrogens (tertiary/aromatic N) is 2. The largest absolute Gasteiger partial charge is 0.490 e. The summed E-state index contributed by atoms with van der Waals surface area (Å²) in [6.45, 7) is 17.0. The SMILES string of the molecule is C=S1(=O)NC(=O)c2ccc3c(c2)N(C[C@@H]2CC[C@H]2[C@@H](OCCOCCOCCOCCOC)/C=C/C[C@H](C)[C@H]1C)C[C@@]1(CCCc2cc(Cl)ccc21)CO3.CC[C@@H]1[C@@H](C)C/C=C/[C@H](OCCOC)[C@@H]2CC[C@H]2CN2C[C@@]3(CCCc4cc(Cl)ccc43)COc3ccc(cc32)C(=O)NS1(=O)=O. The fraction of sp³-hybridized carbons (Fsp3) is 0.603. The number of methoxy groups -OCH3 is 2. The number of amides is 2. The van der Waals surface area contributed by atoms with Gasteiger partial charge in [-0.15, -0.1) is 0 Å². The molecule has 0 radical (unpaired) electrons. The third kappa shape index (κ3) is 18.1. The number of anilines is 2. The molecule has 100 heavy (non-hydrogen) atoms. The number of carbonyl (C=O) groups is 2. The summed E-state index contributed by atoms with van der Waals surface area (Å²) in [6, 6.07) is 23.4. The predicted molar refractivity (Wildman–Crippen MR) is 397 cm³/mol. The molecule has 4 aliphatic carbocycles. The van der Waals surface area contributed by atoms with Crippen molar-refractivity contribution in [3.8, 4) is 11.5 Å². The average molecular weight is 1460 g/mol. The summed E-state index contributed by atoms with van der Waals surface area (Å²) in [5.41, 5.74) is 7.12. The van der Waals surface area contributed by atoms with Crippen molar-refractivity contribution in [3.05, 3.63) is 141 Å². The number of hydrogen-bond donors (Lipinski definition) is 2. The van der Waals surface area contributed by atoms with Crippen molar-refractivity contribution in [2.24, 2.45) is 35.5 Å². The molecule has 4 heterocycles. The molecule has 548 valence electrons. The number of hydrogen-bond acceptors (Lipinski definition) is 16. The Balaban J connectivity index is 0.000000204. The van der Waals surface area contributed by atoms with Crippen LogP contribution in [0.5, 0.6) is 11.5 Å². The molecule has 0 saturated heterocycles. The number of sulfonamides is 1. The van der Waals surface area contributed by atoms with Crippen molar-refractivity contribution in [3.63, 3.8) is 0 Å². The Kier molecular flexibility index (Phi) is 26.2. The lowest BCUT2D eigenvalue weighted by molar-refractivity contribution is -0.0455. The zero-order valence-corrected chi connectivity index (χ0v) is 62.6. The number of nitrogens with one attached hydrogen (secondary N) is 2. The van der Waals surface area contributed by atoms with Gasteiger partial charge in [0.15, 0.2) is 0 Å². The summed E-state index contributed by atoms with van der Waals surface area (Å²) in [5.74, 6) is 5.71. The molecule has 4 bridgehead atoms. The topological polar surface area (TPSA) is 199 Å². The van der Waals surface area contributed by atoms with Gasteiger partial charge in [0.25, 0.3) is 11.8 Å². The van der Waals surface area contributed by atoms with Crippen LogP contribution < -0.4 is 28.7 Å². The molecule has 2 amide bonds. The molecule has 18 nitrogen and oxygen atoms in total. The monoisotopic (exact) mass is 1460 g/mol. The Morgan fingerprint density at radius 2 is 1.03 bits per heavy atom. The fourth-order valence-corrected chi connectivity index (χ4v) is 20.1. The van der Waals surface area contributed by atoms with Gasteiger partial charge in [-0.3, -0.25) is 14.3 Å². The molecular weight excluding hydrogens is 1350 g/mol. The minimum atomic E-state index is -3.93. The molecular formula is C78H106Cl2N4O14S2. The van der Waals surface area contributed by atoms with E-state index in [1.165, 1.54) is 22.3 Å². The maximum atomic E-state index is 13.9.